The highest BCUT2D eigenvalue weighted by Gasteiger charge is 2.15. The molecule has 0 bridgehead atoms. The van der Waals surface area contributed by atoms with E-state index in [1.54, 1.807) is 29.3 Å². The van der Waals surface area contributed by atoms with Crippen molar-refractivity contribution in [2.24, 2.45) is 0 Å². The molecule has 0 fully saturated rings. The van der Waals surface area contributed by atoms with Gasteiger partial charge in [-0.3, -0.25) is 14.2 Å². The third kappa shape index (κ3) is 2.84. The van der Waals surface area contributed by atoms with Crippen LogP contribution in [0.5, 0.6) is 0 Å². The van der Waals surface area contributed by atoms with Crippen molar-refractivity contribution >= 4 is 22.8 Å². The van der Waals surface area contributed by atoms with Gasteiger partial charge in [-0.05, 0) is 24.3 Å². The van der Waals surface area contributed by atoms with Crippen molar-refractivity contribution < 1.29 is 4.79 Å². The maximum atomic E-state index is 13.0. The molecule has 5 heteroatoms. The largest absolute Gasteiger partial charge is 0.383 e. The van der Waals surface area contributed by atoms with Crippen molar-refractivity contribution in [2.45, 2.75) is 0 Å². The molecule has 0 saturated heterocycles. The number of hydrogen-bond donors (Lipinski definition) is 0. The highest BCUT2D eigenvalue weighted by atomic mass is 16.1. The Hall–Kier alpha value is -3.21. The zero-order valence-electron chi connectivity index (χ0n) is 13.5. The van der Waals surface area contributed by atoms with Gasteiger partial charge in [0.05, 0.1) is 22.2 Å². The van der Waals surface area contributed by atoms with Gasteiger partial charge in [0.2, 0.25) is 0 Å². The summed E-state index contributed by atoms with van der Waals surface area (Å²) in [6.07, 6.45) is 2.37. The summed E-state index contributed by atoms with van der Waals surface area (Å²) in [6, 6.07) is 16.3. The van der Waals surface area contributed by atoms with Gasteiger partial charge >= 0.3 is 0 Å². The Bertz CT molecular complexity index is 973. The molecule has 0 spiro atoms. The molecule has 0 saturated carbocycles. The summed E-state index contributed by atoms with van der Waals surface area (Å²) >= 11 is 0. The number of fused-ring (bicyclic) bond motifs is 1. The number of carbonyl (C=O) groups is 1. The minimum absolute atomic E-state index is 0.201. The van der Waals surface area contributed by atoms with Crippen LogP contribution in [0.4, 0.5) is 0 Å². The van der Waals surface area contributed by atoms with E-state index in [1.165, 1.54) is 4.57 Å². The second-order valence-corrected chi connectivity index (χ2v) is 5.59. The Morgan fingerprint density at radius 3 is 2.38 bits per heavy atom. The van der Waals surface area contributed by atoms with E-state index in [9.17, 15) is 9.59 Å². The fourth-order valence-electron chi connectivity index (χ4n) is 2.56. The summed E-state index contributed by atoms with van der Waals surface area (Å²) in [5, 5.41) is 0.514. The third-order valence-corrected chi connectivity index (χ3v) is 3.57. The first-order valence-electron chi connectivity index (χ1n) is 7.53. The molecule has 0 atom stereocenters. The molecule has 0 aliphatic heterocycles. The number of allylic oxidation sites excluding steroid dienone is 1. The third-order valence-electron chi connectivity index (χ3n) is 3.57. The average molecular weight is 319 g/mol. The van der Waals surface area contributed by atoms with Crippen LogP contribution in [0.2, 0.25) is 0 Å². The van der Waals surface area contributed by atoms with Gasteiger partial charge in [0, 0.05) is 20.3 Å². The lowest BCUT2D eigenvalue weighted by atomic mass is 10.2. The summed E-state index contributed by atoms with van der Waals surface area (Å²) in [6.45, 7) is 0. The monoisotopic (exact) mass is 319 g/mol. The zero-order chi connectivity index (χ0) is 17.1. The molecule has 1 aromatic heterocycles. The average Bonchev–Trinajstić information content (AvgIpc) is 2.60. The normalized spacial score (nSPS) is 11.5. The smallest absolute Gasteiger partial charge is 0.266 e. The van der Waals surface area contributed by atoms with Crippen LogP contribution in [0.3, 0.4) is 0 Å². The second-order valence-electron chi connectivity index (χ2n) is 5.59. The molecule has 3 rings (SSSR count). The molecule has 0 unspecified atom stereocenters. The van der Waals surface area contributed by atoms with Crippen LogP contribution >= 0.6 is 0 Å². The summed E-state index contributed by atoms with van der Waals surface area (Å²) in [7, 11) is 3.63. The van der Waals surface area contributed by atoms with E-state index in [0.29, 0.717) is 28.0 Å². The summed E-state index contributed by atoms with van der Waals surface area (Å²) in [5.74, 6) is 0.327. The van der Waals surface area contributed by atoms with Crippen molar-refractivity contribution in [3.8, 4) is 5.69 Å². The molecule has 24 heavy (non-hydrogen) atoms. The van der Waals surface area contributed by atoms with Gasteiger partial charge < -0.3 is 4.90 Å². The lowest BCUT2D eigenvalue weighted by Gasteiger charge is -2.15. The summed E-state index contributed by atoms with van der Waals surface area (Å²) in [5.41, 5.74) is 1.37. The fourth-order valence-corrected chi connectivity index (χ4v) is 2.56. The van der Waals surface area contributed by atoms with E-state index in [-0.39, 0.29) is 5.56 Å². The van der Waals surface area contributed by atoms with Crippen molar-refractivity contribution in [3.63, 3.8) is 0 Å². The molecule has 0 radical (unpaired) electrons. The first-order valence-corrected chi connectivity index (χ1v) is 7.53. The molecule has 2 aromatic carbocycles. The van der Waals surface area contributed by atoms with Crippen LogP contribution < -0.4 is 5.56 Å². The van der Waals surface area contributed by atoms with E-state index in [0.717, 1.165) is 6.29 Å². The number of para-hydroxylation sites is 2. The number of aromatic nitrogens is 2. The Balaban J connectivity index is 2.43. The van der Waals surface area contributed by atoms with Gasteiger partial charge in [-0.1, -0.05) is 30.3 Å². The maximum absolute atomic E-state index is 13.0. The van der Waals surface area contributed by atoms with Crippen LogP contribution in [0.25, 0.3) is 22.2 Å². The maximum Gasteiger partial charge on any atom is 0.266 e. The van der Waals surface area contributed by atoms with Gasteiger partial charge in [0.15, 0.2) is 12.1 Å². The predicted molar refractivity (Wildman–Crippen MR) is 95.1 cm³/mol. The van der Waals surface area contributed by atoms with Crippen LogP contribution in [0.15, 0.2) is 65.6 Å². The molecule has 3 aromatic rings. The Kier molecular flexibility index (Phi) is 4.24. The SMILES string of the molecule is CN(C)C=C(C=O)c1nc2ccccc2c(=O)n1-c1ccccc1. The van der Waals surface area contributed by atoms with E-state index >= 15 is 0 Å². The lowest BCUT2D eigenvalue weighted by Crippen LogP contribution is -2.24. The lowest BCUT2D eigenvalue weighted by molar-refractivity contribution is -0.103. The first-order chi connectivity index (χ1) is 11.6. The van der Waals surface area contributed by atoms with Crippen LogP contribution in [-0.2, 0) is 4.79 Å². The number of carbonyl (C=O) groups excluding carboxylic acids is 1. The minimum Gasteiger partial charge on any atom is -0.383 e. The molecular formula is C19H17N3O2. The van der Waals surface area contributed by atoms with Gasteiger partial charge in [-0.15, -0.1) is 0 Å². The first kappa shape index (κ1) is 15.7. The molecule has 5 nitrogen and oxygen atoms in total. The highest BCUT2D eigenvalue weighted by Crippen LogP contribution is 2.18. The van der Waals surface area contributed by atoms with Crippen LogP contribution in [0, 0.1) is 0 Å². The summed E-state index contributed by atoms with van der Waals surface area (Å²) in [4.78, 5) is 31.0. The molecule has 1 heterocycles. The number of nitrogens with zero attached hydrogens (tertiary/aromatic N) is 3. The molecule has 0 aliphatic rings. The quantitative estimate of drug-likeness (QED) is 0.548. The molecular weight excluding hydrogens is 302 g/mol. The topological polar surface area (TPSA) is 55.2 Å². The Morgan fingerprint density at radius 2 is 1.71 bits per heavy atom. The van der Waals surface area contributed by atoms with Crippen molar-refractivity contribution in [1.29, 1.82) is 0 Å². The van der Waals surface area contributed by atoms with Gasteiger partial charge in [0.1, 0.15) is 0 Å². The van der Waals surface area contributed by atoms with Crippen molar-refractivity contribution in [3.05, 3.63) is 77.0 Å². The number of rotatable bonds is 4. The highest BCUT2D eigenvalue weighted by molar-refractivity contribution is 6.05. The molecule has 0 amide bonds. The summed E-state index contributed by atoms with van der Waals surface area (Å²) < 4.78 is 1.48. The van der Waals surface area contributed by atoms with Crippen molar-refractivity contribution in [2.75, 3.05) is 14.1 Å². The minimum atomic E-state index is -0.201. The van der Waals surface area contributed by atoms with Gasteiger partial charge in [-0.25, -0.2) is 4.98 Å². The van der Waals surface area contributed by atoms with E-state index in [1.807, 2.05) is 50.5 Å². The Morgan fingerprint density at radius 1 is 1.04 bits per heavy atom. The van der Waals surface area contributed by atoms with E-state index in [2.05, 4.69) is 4.98 Å². The van der Waals surface area contributed by atoms with Gasteiger partial charge in [0.25, 0.3) is 5.56 Å². The van der Waals surface area contributed by atoms with Crippen LogP contribution in [-0.4, -0.2) is 34.8 Å². The predicted octanol–water partition coefficient (Wildman–Crippen LogP) is 2.49. The Labute approximate surface area is 139 Å². The molecule has 0 aliphatic carbocycles. The second kappa shape index (κ2) is 6.50. The number of aldehydes is 1. The van der Waals surface area contributed by atoms with E-state index < -0.39 is 0 Å². The number of benzene rings is 2. The van der Waals surface area contributed by atoms with Crippen LogP contribution in [0.1, 0.15) is 5.82 Å². The fraction of sp³-hybridized carbons (Fsp3) is 0.105. The zero-order valence-corrected chi connectivity index (χ0v) is 13.5. The van der Waals surface area contributed by atoms with E-state index in [4.69, 9.17) is 0 Å². The van der Waals surface area contributed by atoms with Crippen molar-refractivity contribution in [1.82, 2.24) is 14.5 Å². The molecule has 120 valence electrons. The van der Waals surface area contributed by atoms with Gasteiger partial charge in [-0.2, -0.15) is 0 Å². The molecule has 0 N–H and O–H groups in total. The number of hydrogen-bond acceptors (Lipinski definition) is 4. The standard InChI is InChI=1S/C19H17N3O2/c1-21(2)12-14(13-23)18-20-17-11-7-6-10-16(17)19(24)22(18)15-8-4-3-5-9-15/h3-13H,1-2H3.